The van der Waals surface area contributed by atoms with Crippen molar-refractivity contribution in [1.29, 1.82) is 0 Å². The van der Waals surface area contributed by atoms with Gasteiger partial charge in [0.05, 0.1) is 10.7 Å². The van der Waals surface area contributed by atoms with Gasteiger partial charge in [0.25, 0.3) is 0 Å². The van der Waals surface area contributed by atoms with E-state index in [-0.39, 0.29) is 0 Å². The van der Waals surface area contributed by atoms with Crippen molar-refractivity contribution in [3.05, 3.63) is 28.8 Å². The van der Waals surface area contributed by atoms with Gasteiger partial charge in [0.2, 0.25) is 0 Å². The van der Waals surface area contributed by atoms with Gasteiger partial charge < -0.3 is 15.7 Å². The predicted octanol–water partition coefficient (Wildman–Crippen LogP) is 2.98. The van der Waals surface area contributed by atoms with E-state index in [1.54, 1.807) is 12.1 Å². The molecule has 0 heterocycles. The highest BCUT2D eigenvalue weighted by Gasteiger charge is 2.20. The summed E-state index contributed by atoms with van der Waals surface area (Å²) in [6.07, 6.45) is 2.25. The molecule has 20 heavy (non-hydrogen) atoms. The lowest BCUT2D eigenvalue weighted by Crippen LogP contribution is -2.43. The predicted molar refractivity (Wildman–Crippen MR) is 82.8 cm³/mol. The molecule has 1 atom stereocenters. The largest absolute Gasteiger partial charge is 0.480 e. The highest BCUT2D eigenvalue weighted by atomic mass is 35.5. The highest BCUT2D eigenvalue weighted by molar-refractivity contribution is 7.98. The van der Waals surface area contributed by atoms with E-state index in [9.17, 15) is 9.59 Å². The summed E-state index contributed by atoms with van der Waals surface area (Å²) in [5.41, 5.74) is 1.30. The number of amides is 2. The van der Waals surface area contributed by atoms with Gasteiger partial charge in [0, 0.05) is 0 Å². The Labute approximate surface area is 127 Å². The summed E-state index contributed by atoms with van der Waals surface area (Å²) in [6.45, 7) is 1.81. The molecule has 0 aliphatic heterocycles. The Morgan fingerprint density at radius 2 is 2.15 bits per heavy atom. The van der Waals surface area contributed by atoms with Crippen molar-refractivity contribution in [3.63, 3.8) is 0 Å². The molecule has 0 aromatic heterocycles. The summed E-state index contributed by atoms with van der Waals surface area (Å²) in [5.74, 6) is -0.396. The highest BCUT2D eigenvalue weighted by Crippen LogP contribution is 2.24. The number of aryl methyl sites for hydroxylation is 1. The molecule has 0 fully saturated rings. The Morgan fingerprint density at radius 3 is 2.70 bits per heavy atom. The summed E-state index contributed by atoms with van der Waals surface area (Å²) in [5, 5.41) is 14.5. The summed E-state index contributed by atoms with van der Waals surface area (Å²) in [4.78, 5) is 22.9. The van der Waals surface area contributed by atoms with E-state index >= 15 is 0 Å². The molecule has 0 unspecified atom stereocenters. The van der Waals surface area contributed by atoms with E-state index in [1.165, 1.54) is 11.8 Å². The first-order valence-electron chi connectivity index (χ1n) is 6.00. The van der Waals surface area contributed by atoms with Crippen LogP contribution in [0.1, 0.15) is 12.0 Å². The fraction of sp³-hybridized carbons (Fsp3) is 0.385. The monoisotopic (exact) mass is 316 g/mol. The quantitative estimate of drug-likeness (QED) is 0.754. The molecule has 7 heteroatoms. The SMILES string of the molecule is CSCC[C@@H](NC(=O)Nc1c(C)cccc1Cl)C(=O)O. The van der Waals surface area contributed by atoms with E-state index in [2.05, 4.69) is 10.6 Å². The fourth-order valence-corrected chi connectivity index (χ4v) is 2.33. The van der Waals surface area contributed by atoms with Gasteiger partial charge in [0.15, 0.2) is 0 Å². The second-order valence-corrected chi connectivity index (χ2v) is 5.60. The normalized spacial score (nSPS) is 11.8. The number of rotatable bonds is 6. The van der Waals surface area contributed by atoms with Crippen molar-refractivity contribution in [2.24, 2.45) is 0 Å². The average molecular weight is 317 g/mol. The lowest BCUT2D eigenvalue weighted by molar-refractivity contribution is -0.139. The number of carboxylic acids is 1. The molecule has 5 nitrogen and oxygen atoms in total. The molecule has 0 saturated carbocycles. The van der Waals surface area contributed by atoms with Crippen LogP contribution in [0.25, 0.3) is 0 Å². The van der Waals surface area contributed by atoms with Gasteiger partial charge in [0.1, 0.15) is 6.04 Å². The fourth-order valence-electron chi connectivity index (χ4n) is 1.59. The second kappa shape index (κ2) is 8.01. The minimum Gasteiger partial charge on any atom is -0.480 e. The van der Waals surface area contributed by atoms with Crippen molar-refractivity contribution >= 4 is 41.1 Å². The van der Waals surface area contributed by atoms with Gasteiger partial charge in [-0.2, -0.15) is 11.8 Å². The van der Waals surface area contributed by atoms with Crippen LogP contribution in [-0.2, 0) is 4.79 Å². The zero-order valence-electron chi connectivity index (χ0n) is 11.3. The Kier molecular flexibility index (Phi) is 6.67. The molecule has 0 bridgehead atoms. The number of hydrogen-bond acceptors (Lipinski definition) is 3. The Balaban J connectivity index is 2.68. The molecular formula is C13H17ClN2O3S. The van der Waals surface area contributed by atoms with Gasteiger partial charge in [-0.1, -0.05) is 23.7 Å². The van der Waals surface area contributed by atoms with Crippen molar-refractivity contribution in [1.82, 2.24) is 5.32 Å². The maximum absolute atomic E-state index is 11.8. The molecule has 0 spiro atoms. The zero-order valence-corrected chi connectivity index (χ0v) is 12.8. The molecule has 1 rings (SSSR count). The number of thioether (sulfide) groups is 1. The smallest absolute Gasteiger partial charge is 0.326 e. The van der Waals surface area contributed by atoms with Gasteiger partial charge in [-0.05, 0) is 37.0 Å². The first kappa shape index (κ1) is 16.7. The zero-order chi connectivity index (χ0) is 15.1. The average Bonchev–Trinajstić information content (AvgIpc) is 2.38. The van der Waals surface area contributed by atoms with Crippen LogP contribution in [0.5, 0.6) is 0 Å². The third-order valence-electron chi connectivity index (χ3n) is 2.67. The standard InChI is InChI=1S/C13H17ClN2O3S/c1-8-4-3-5-9(14)11(8)16-13(19)15-10(12(17)18)6-7-20-2/h3-5,10H,6-7H2,1-2H3,(H,17,18)(H2,15,16,19)/t10-/m1/s1. The number of nitrogens with one attached hydrogen (secondary N) is 2. The molecule has 3 N–H and O–H groups in total. The number of carbonyl (C=O) groups is 2. The van der Waals surface area contributed by atoms with E-state index < -0.39 is 18.0 Å². The maximum atomic E-state index is 11.8. The molecule has 0 aliphatic carbocycles. The molecular weight excluding hydrogens is 300 g/mol. The minimum atomic E-state index is -1.05. The number of benzene rings is 1. The summed E-state index contributed by atoms with van der Waals surface area (Å²) >= 11 is 7.52. The van der Waals surface area contributed by atoms with Crippen molar-refractivity contribution < 1.29 is 14.7 Å². The van der Waals surface area contributed by atoms with Gasteiger partial charge in [-0.25, -0.2) is 9.59 Å². The van der Waals surface area contributed by atoms with Crippen LogP contribution in [0, 0.1) is 6.92 Å². The van der Waals surface area contributed by atoms with E-state index in [0.29, 0.717) is 22.9 Å². The molecule has 110 valence electrons. The van der Waals surface area contributed by atoms with Crippen LogP contribution in [0.15, 0.2) is 18.2 Å². The van der Waals surface area contributed by atoms with Crippen molar-refractivity contribution in [3.8, 4) is 0 Å². The topological polar surface area (TPSA) is 78.4 Å². The first-order valence-corrected chi connectivity index (χ1v) is 7.77. The van der Waals surface area contributed by atoms with Crippen molar-refractivity contribution in [2.45, 2.75) is 19.4 Å². The summed E-state index contributed by atoms with van der Waals surface area (Å²) < 4.78 is 0. The van der Waals surface area contributed by atoms with E-state index in [4.69, 9.17) is 16.7 Å². The summed E-state index contributed by atoms with van der Waals surface area (Å²) in [7, 11) is 0. The minimum absolute atomic E-state index is 0.366. The molecule has 2 amide bonds. The maximum Gasteiger partial charge on any atom is 0.326 e. The van der Waals surface area contributed by atoms with Crippen LogP contribution in [-0.4, -0.2) is 35.2 Å². The Bertz CT molecular complexity index is 476. The van der Waals surface area contributed by atoms with Crippen molar-refractivity contribution in [2.75, 3.05) is 17.3 Å². The Hall–Kier alpha value is -1.40. The van der Waals surface area contributed by atoms with E-state index in [0.717, 1.165) is 5.56 Å². The van der Waals surface area contributed by atoms with Crippen LogP contribution in [0.3, 0.4) is 0 Å². The molecule has 0 saturated heterocycles. The molecule has 1 aromatic rings. The van der Waals surface area contributed by atoms with Gasteiger partial charge >= 0.3 is 12.0 Å². The van der Waals surface area contributed by atoms with Gasteiger partial charge in [-0.15, -0.1) is 0 Å². The number of aliphatic carboxylic acids is 1. The molecule has 0 radical (unpaired) electrons. The number of carbonyl (C=O) groups excluding carboxylic acids is 1. The molecule has 1 aromatic carbocycles. The van der Waals surface area contributed by atoms with Crippen LogP contribution in [0.2, 0.25) is 5.02 Å². The third-order valence-corrected chi connectivity index (χ3v) is 3.63. The van der Waals surface area contributed by atoms with Crippen LogP contribution < -0.4 is 10.6 Å². The third kappa shape index (κ3) is 4.94. The lowest BCUT2D eigenvalue weighted by atomic mass is 10.2. The Morgan fingerprint density at radius 1 is 1.45 bits per heavy atom. The molecule has 0 aliphatic rings. The van der Waals surface area contributed by atoms with Gasteiger partial charge in [-0.3, -0.25) is 0 Å². The lowest BCUT2D eigenvalue weighted by Gasteiger charge is -2.16. The summed E-state index contributed by atoms with van der Waals surface area (Å²) in [6, 6.07) is 3.76. The number of para-hydroxylation sites is 1. The first-order chi connectivity index (χ1) is 9.45. The number of urea groups is 1. The van der Waals surface area contributed by atoms with Crippen LogP contribution in [0.4, 0.5) is 10.5 Å². The number of hydrogen-bond donors (Lipinski definition) is 3. The number of halogens is 1. The number of carboxylic acid groups (broad SMARTS) is 1. The van der Waals surface area contributed by atoms with Crippen LogP contribution >= 0.6 is 23.4 Å². The van der Waals surface area contributed by atoms with E-state index in [1.807, 2.05) is 19.2 Å². The number of anilines is 1. The second-order valence-electron chi connectivity index (χ2n) is 4.20.